The molecule has 3 heterocycles. The molecular formula is C26H33N5O4S. The number of carbonyl (C=O) groups is 1. The van der Waals surface area contributed by atoms with E-state index in [1.807, 2.05) is 12.1 Å². The molecule has 4 rings (SSSR count). The summed E-state index contributed by atoms with van der Waals surface area (Å²) in [6, 6.07) is 10.6. The average molecular weight is 512 g/mol. The quantitative estimate of drug-likeness (QED) is 0.470. The SMILES string of the molecule is Cc1oc(-c2ccc(C(=O)NCc3cccnc3)cc2)nc1CS(=O)(=O)N1CCN(CC(C)C)CC1. The lowest BCUT2D eigenvalue weighted by Crippen LogP contribution is -2.49. The molecule has 0 atom stereocenters. The molecule has 10 heteroatoms. The van der Waals surface area contributed by atoms with E-state index in [0.717, 1.165) is 25.2 Å². The van der Waals surface area contributed by atoms with E-state index >= 15 is 0 Å². The lowest BCUT2D eigenvalue weighted by Gasteiger charge is -2.34. The van der Waals surface area contributed by atoms with Crippen LogP contribution in [-0.4, -0.2) is 66.2 Å². The molecular weight excluding hydrogens is 478 g/mol. The highest BCUT2D eigenvalue weighted by molar-refractivity contribution is 7.88. The summed E-state index contributed by atoms with van der Waals surface area (Å²) in [5.74, 6) is 0.974. The zero-order chi connectivity index (χ0) is 25.7. The van der Waals surface area contributed by atoms with Crippen LogP contribution in [0.15, 0.2) is 53.2 Å². The molecule has 3 aromatic rings. The first-order valence-corrected chi connectivity index (χ1v) is 13.8. The molecule has 1 aromatic carbocycles. The van der Waals surface area contributed by atoms with E-state index in [1.165, 1.54) is 0 Å². The van der Waals surface area contributed by atoms with Gasteiger partial charge in [-0.15, -0.1) is 0 Å². The molecule has 0 unspecified atom stereocenters. The summed E-state index contributed by atoms with van der Waals surface area (Å²) in [4.78, 5) is 23.3. The van der Waals surface area contributed by atoms with Crippen LogP contribution in [-0.2, 0) is 22.3 Å². The Bertz CT molecular complexity index is 1270. The van der Waals surface area contributed by atoms with Crippen molar-refractivity contribution < 1.29 is 17.6 Å². The summed E-state index contributed by atoms with van der Waals surface area (Å²) in [7, 11) is -3.50. The van der Waals surface area contributed by atoms with Gasteiger partial charge in [0.05, 0.1) is 5.69 Å². The molecule has 36 heavy (non-hydrogen) atoms. The first kappa shape index (κ1) is 26.0. The minimum Gasteiger partial charge on any atom is -0.441 e. The molecule has 1 aliphatic rings. The number of nitrogens with zero attached hydrogens (tertiary/aromatic N) is 4. The summed E-state index contributed by atoms with van der Waals surface area (Å²) in [6.07, 6.45) is 3.39. The fourth-order valence-electron chi connectivity index (χ4n) is 4.21. The van der Waals surface area contributed by atoms with Gasteiger partial charge >= 0.3 is 0 Å². The van der Waals surface area contributed by atoms with E-state index < -0.39 is 10.0 Å². The maximum atomic E-state index is 13.0. The van der Waals surface area contributed by atoms with Crippen molar-refractivity contribution in [3.63, 3.8) is 0 Å². The smallest absolute Gasteiger partial charge is 0.251 e. The highest BCUT2D eigenvalue weighted by Crippen LogP contribution is 2.24. The minimum atomic E-state index is -3.50. The Morgan fingerprint density at radius 2 is 1.83 bits per heavy atom. The summed E-state index contributed by atoms with van der Waals surface area (Å²) in [6.45, 7) is 9.88. The van der Waals surface area contributed by atoms with Crippen molar-refractivity contribution in [3.8, 4) is 11.5 Å². The van der Waals surface area contributed by atoms with Gasteiger partial charge in [-0.2, -0.15) is 4.31 Å². The number of aryl methyl sites for hydroxylation is 1. The van der Waals surface area contributed by atoms with Crippen LogP contribution in [0.4, 0.5) is 0 Å². The molecule has 0 saturated carbocycles. The van der Waals surface area contributed by atoms with E-state index in [4.69, 9.17) is 4.42 Å². The highest BCUT2D eigenvalue weighted by atomic mass is 32.2. The molecule has 1 amide bonds. The number of hydrogen-bond donors (Lipinski definition) is 1. The Morgan fingerprint density at radius 3 is 2.47 bits per heavy atom. The largest absolute Gasteiger partial charge is 0.441 e. The second-order valence-corrected chi connectivity index (χ2v) is 11.5. The van der Waals surface area contributed by atoms with E-state index in [9.17, 15) is 13.2 Å². The van der Waals surface area contributed by atoms with Crippen LogP contribution < -0.4 is 5.32 Å². The Labute approximate surface area is 212 Å². The second kappa shape index (κ2) is 11.3. The number of benzene rings is 1. The predicted molar refractivity (Wildman–Crippen MR) is 138 cm³/mol. The Hall–Kier alpha value is -3.08. The Morgan fingerprint density at radius 1 is 1.11 bits per heavy atom. The average Bonchev–Trinajstić information content (AvgIpc) is 3.22. The first-order valence-electron chi connectivity index (χ1n) is 12.2. The highest BCUT2D eigenvalue weighted by Gasteiger charge is 2.29. The third kappa shape index (κ3) is 6.57. The number of rotatable bonds is 9. The lowest BCUT2D eigenvalue weighted by atomic mass is 10.1. The fraction of sp³-hybridized carbons (Fsp3) is 0.423. The number of pyridine rings is 1. The van der Waals surface area contributed by atoms with Crippen molar-refractivity contribution in [2.45, 2.75) is 33.1 Å². The predicted octanol–water partition coefficient (Wildman–Crippen LogP) is 3.08. The number of aromatic nitrogens is 2. The van der Waals surface area contributed by atoms with Gasteiger partial charge in [0.25, 0.3) is 5.91 Å². The maximum Gasteiger partial charge on any atom is 0.251 e. The number of sulfonamides is 1. The molecule has 1 saturated heterocycles. The summed E-state index contributed by atoms with van der Waals surface area (Å²) in [5.41, 5.74) is 2.50. The van der Waals surface area contributed by atoms with Crippen LogP contribution in [0.1, 0.15) is 41.2 Å². The van der Waals surface area contributed by atoms with Crippen molar-refractivity contribution in [1.82, 2.24) is 24.5 Å². The first-order chi connectivity index (χ1) is 17.2. The van der Waals surface area contributed by atoms with Crippen molar-refractivity contribution >= 4 is 15.9 Å². The van der Waals surface area contributed by atoms with Crippen molar-refractivity contribution in [1.29, 1.82) is 0 Å². The van der Waals surface area contributed by atoms with Gasteiger partial charge in [0.2, 0.25) is 15.9 Å². The van der Waals surface area contributed by atoms with Gasteiger partial charge in [-0.3, -0.25) is 9.78 Å². The number of oxazole rings is 1. The van der Waals surface area contributed by atoms with Crippen LogP contribution in [0.2, 0.25) is 0 Å². The molecule has 0 bridgehead atoms. The molecule has 0 aliphatic carbocycles. The Kier molecular flexibility index (Phi) is 8.17. The van der Waals surface area contributed by atoms with Gasteiger partial charge in [-0.05, 0) is 48.7 Å². The van der Waals surface area contributed by atoms with Crippen LogP contribution in [0.25, 0.3) is 11.5 Å². The monoisotopic (exact) mass is 511 g/mol. The maximum absolute atomic E-state index is 13.0. The summed E-state index contributed by atoms with van der Waals surface area (Å²) < 4.78 is 33.4. The fourth-order valence-corrected chi connectivity index (χ4v) is 5.72. The van der Waals surface area contributed by atoms with Crippen LogP contribution in [0.5, 0.6) is 0 Å². The van der Waals surface area contributed by atoms with E-state index in [0.29, 0.717) is 54.0 Å². The zero-order valence-corrected chi connectivity index (χ0v) is 21.8. The molecule has 9 nitrogen and oxygen atoms in total. The van der Waals surface area contributed by atoms with Crippen molar-refractivity contribution in [3.05, 3.63) is 71.4 Å². The van der Waals surface area contributed by atoms with Crippen LogP contribution in [0, 0.1) is 12.8 Å². The van der Waals surface area contributed by atoms with E-state index in [1.54, 1.807) is 47.9 Å². The molecule has 1 N–H and O–H groups in total. The molecule has 1 fully saturated rings. The lowest BCUT2D eigenvalue weighted by molar-refractivity contribution is 0.0951. The summed E-state index contributed by atoms with van der Waals surface area (Å²) >= 11 is 0. The number of piperazine rings is 1. The van der Waals surface area contributed by atoms with Crippen molar-refractivity contribution in [2.75, 3.05) is 32.7 Å². The van der Waals surface area contributed by atoms with E-state index in [2.05, 4.69) is 34.0 Å². The number of carbonyl (C=O) groups excluding carboxylic acids is 1. The number of nitrogens with one attached hydrogen (secondary N) is 1. The minimum absolute atomic E-state index is 0.193. The van der Waals surface area contributed by atoms with Crippen LogP contribution >= 0.6 is 0 Å². The molecule has 2 aromatic heterocycles. The number of amides is 1. The summed E-state index contributed by atoms with van der Waals surface area (Å²) in [5, 5.41) is 2.86. The van der Waals surface area contributed by atoms with Gasteiger partial charge in [0.1, 0.15) is 11.5 Å². The molecule has 0 radical (unpaired) electrons. The molecule has 192 valence electrons. The number of hydrogen-bond acceptors (Lipinski definition) is 7. The van der Waals surface area contributed by atoms with Gasteiger partial charge in [0, 0.05) is 62.8 Å². The third-order valence-electron chi connectivity index (χ3n) is 6.13. The standard InChI is InChI=1S/C26H33N5O4S/c1-19(2)17-30-11-13-31(14-12-30)36(33,34)18-24-20(3)35-26(29-24)23-8-6-22(7-9-23)25(32)28-16-21-5-4-10-27-15-21/h4-10,15,19H,11-14,16-18H2,1-3H3,(H,28,32). The molecule has 0 spiro atoms. The zero-order valence-electron chi connectivity index (χ0n) is 21.0. The Balaban J connectivity index is 1.37. The van der Waals surface area contributed by atoms with E-state index in [-0.39, 0.29) is 11.7 Å². The van der Waals surface area contributed by atoms with Crippen molar-refractivity contribution in [2.24, 2.45) is 5.92 Å². The third-order valence-corrected chi connectivity index (χ3v) is 7.92. The topological polar surface area (TPSA) is 109 Å². The van der Waals surface area contributed by atoms with Crippen LogP contribution in [0.3, 0.4) is 0 Å². The van der Waals surface area contributed by atoms with Gasteiger partial charge in [-0.1, -0.05) is 19.9 Å². The van der Waals surface area contributed by atoms with Gasteiger partial charge in [-0.25, -0.2) is 13.4 Å². The normalized spacial score (nSPS) is 15.3. The second-order valence-electron chi connectivity index (χ2n) is 9.49. The van der Waals surface area contributed by atoms with Gasteiger partial charge in [0.15, 0.2) is 0 Å². The molecule has 1 aliphatic heterocycles. The van der Waals surface area contributed by atoms with Gasteiger partial charge < -0.3 is 14.6 Å².